The summed E-state index contributed by atoms with van der Waals surface area (Å²) >= 11 is 0. The first-order valence-electron chi connectivity index (χ1n) is 9.00. The van der Waals surface area contributed by atoms with Crippen molar-refractivity contribution in [1.29, 1.82) is 0 Å². The summed E-state index contributed by atoms with van der Waals surface area (Å²) in [6, 6.07) is 22.6. The highest BCUT2D eigenvalue weighted by Gasteiger charge is 2.14. The molecule has 0 aliphatic rings. The molecule has 0 saturated heterocycles. The molecule has 1 N–H and O–H groups in total. The van der Waals surface area contributed by atoms with Gasteiger partial charge in [0.05, 0.1) is 14.2 Å². The van der Waals surface area contributed by atoms with Crippen LogP contribution < -0.4 is 18.9 Å². The molecule has 3 rings (SSSR count). The minimum atomic E-state index is -0.818. The summed E-state index contributed by atoms with van der Waals surface area (Å²) in [4.78, 5) is 0. The molecule has 146 valence electrons. The van der Waals surface area contributed by atoms with E-state index in [-0.39, 0.29) is 6.61 Å². The number of hydrogen-bond donors (Lipinski definition) is 1. The average molecular weight is 380 g/mol. The van der Waals surface area contributed by atoms with Crippen molar-refractivity contribution in [3.8, 4) is 23.0 Å². The molecule has 0 aromatic heterocycles. The Kier molecular flexibility index (Phi) is 6.76. The monoisotopic (exact) mass is 380 g/mol. The summed E-state index contributed by atoms with van der Waals surface area (Å²) < 4.78 is 22.2. The van der Waals surface area contributed by atoms with Crippen LogP contribution in [-0.2, 0) is 6.61 Å². The molecule has 1 atom stereocenters. The zero-order valence-electron chi connectivity index (χ0n) is 16.0. The van der Waals surface area contributed by atoms with Crippen molar-refractivity contribution in [2.75, 3.05) is 20.8 Å². The number of aliphatic hydroxyl groups excluding tert-OH is 1. The predicted octanol–water partition coefficient (Wildman–Crippen LogP) is 4.40. The van der Waals surface area contributed by atoms with Crippen molar-refractivity contribution >= 4 is 0 Å². The van der Waals surface area contributed by atoms with Gasteiger partial charge in [-0.1, -0.05) is 48.5 Å². The quantitative estimate of drug-likeness (QED) is 0.596. The molecule has 0 radical (unpaired) electrons. The van der Waals surface area contributed by atoms with Gasteiger partial charge in [0.1, 0.15) is 19.3 Å². The van der Waals surface area contributed by atoms with E-state index in [0.717, 1.165) is 5.56 Å². The maximum atomic E-state index is 10.5. The van der Waals surface area contributed by atoms with Crippen LogP contribution in [0.15, 0.2) is 72.8 Å². The SMILES string of the molecule is COc1cc(C(O)COc2ccccc2OC)ccc1OCc1ccccc1. The molecule has 28 heavy (non-hydrogen) atoms. The Bertz CT molecular complexity index is 879. The lowest BCUT2D eigenvalue weighted by Gasteiger charge is -2.17. The third-order valence-electron chi connectivity index (χ3n) is 4.28. The summed E-state index contributed by atoms with van der Waals surface area (Å²) in [6.07, 6.45) is -0.818. The number of aliphatic hydroxyl groups is 1. The lowest BCUT2D eigenvalue weighted by atomic mass is 10.1. The zero-order chi connectivity index (χ0) is 19.8. The van der Waals surface area contributed by atoms with Crippen molar-refractivity contribution < 1.29 is 24.1 Å². The van der Waals surface area contributed by atoms with Crippen LogP contribution >= 0.6 is 0 Å². The molecule has 0 amide bonds. The van der Waals surface area contributed by atoms with Crippen LogP contribution in [0, 0.1) is 0 Å². The highest BCUT2D eigenvalue weighted by molar-refractivity contribution is 5.44. The molecule has 0 saturated carbocycles. The van der Waals surface area contributed by atoms with Gasteiger partial charge in [-0.15, -0.1) is 0 Å². The van der Waals surface area contributed by atoms with Gasteiger partial charge in [0.2, 0.25) is 0 Å². The van der Waals surface area contributed by atoms with Crippen LogP contribution in [0.4, 0.5) is 0 Å². The van der Waals surface area contributed by atoms with Crippen LogP contribution in [-0.4, -0.2) is 25.9 Å². The molecule has 5 nitrogen and oxygen atoms in total. The van der Waals surface area contributed by atoms with E-state index in [2.05, 4.69) is 0 Å². The third kappa shape index (κ3) is 4.96. The van der Waals surface area contributed by atoms with Crippen molar-refractivity contribution in [3.05, 3.63) is 83.9 Å². The largest absolute Gasteiger partial charge is 0.493 e. The Hall–Kier alpha value is -3.18. The van der Waals surface area contributed by atoms with Crippen molar-refractivity contribution in [3.63, 3.8) is 0 Å². The molecule has 0 bridgehead atoms. The lowest BCUT2D eigenvalue weighted by Crippen LogP contribution is -2.10. The minimum absolute atomic E-state index is 0.0910. The van der Waals surface area contributed by atoms with E-state index in [0.29, 0.717) is 35.2 Å². The molecule has 0 spiro atoms. The predicted molar refractivity (Wildman–Crippen MR) is 107 cm³/mol. The second kappa shape index (κ2) is 9.67. The molecule has 1 unspecified atom stereocenters. The van der Waals surface area contributed by atoms with Crippen LogP contribution in [0.3, 0.4) is 0 Å². The van der Waals surface area contributed by atoms with Crippen molar-refractivity contribution in [1.82, 2.24) is 0 Å². The van der Waals surface area contributed by atoms with E-state index in [1.807, 2.05) is 48.5 Å². The molecule has 3 aromatic rings. The summed E-state index contributed by atoms with van der Waals surface area (Å²) in [5, 5.41) is 10.5. The van der Waals surface area contributed by atoms with Gasteiger partial charge in [-0.3, -0.25) is 0 Å². The highest BCUT2D eigenvalue weighted by atomic mass is 16.5. The van der Waals surface area contributed by atoms with E-state index in [9.17, 15) is 5.11 Å². The minimum Gasteiger partial charge on any atom is -0.493 e. The van der Waals surface area contributed by atoms with E-state index in [4.69, 9.17) is 18.9 Å². The van der Waals surface area contributed by atoms with Crippen molar-refractivity contribution in [2.24, 2.45) is 0 Å². The Labute approximate surface area is 165 Å². The normalized spacial score (nSPS) is 11.5. The lowest BCUT2D eigenvalue weighted by molar-refractivity contribution is 0.106. The van der Waals surface area contributed by atoms with Gasteiger partial charge in [0.15, 0.2) is 23.0 Å². The molecule has 3 aromatic carbocycles. The average Bonchev–Trinajstić information content (AvgIpc) is 2.76. The summed E-state index contributed by atoms with van der Waals surface area (Å²) in [5.74, 6) is 2.38. The van der Waals surface area contributed by atoms with Gasteiger partial charge in [-0.05, 0) is 35.4 Å². The fourth-order valence-corrected chi connectivity index (χ4v) is 2.75. The first-order valence-corrected chi connectivity index (χ1v) is 9.00. The molecule has 5 heteroatoms. The number of methoxy groups -OCH3 is 2. The number of rotatable bonds is 9. The van der Waals surface area contributed by atoms with E-state index in [1.165, 1.54) is 0 Å². The number of benzene rings is 3. The number of para-hydroxylation sites is 2. The van der Waals surface area contributed by atoms with Gasteiger partial charge in [0, 0.05) is 0 Å². The van der Waals surface area contributed by atoms with Crippen LogP contribution in [0.1, 0.15) is 17.2 Å². The second-order valence-electron chi connectivity index (χ2n) is 6.16. The fourth-order valence-electron chi connectivity index (χ4n) is 2.75. The van der Waals surface area contributed by atoms with Gasteiger partial charge < -0.3 is 24.1 Å². The smallest absolute Gasteiger partial charge is 0.161 e. The first-order chi connectivity index (χ1) is 13.7. The fraction of sp³-hybridized carbons (Fsp3) is 0.217. The van der Waals surface area contributed by atoms with Crippen LogP contribution in [0.5, 0.6) is 23.0 Å². The Morgan fingerprint density at radius 1 is 0.714 bits per heavy atom. The van der Waals surface area contributed by atoms with Crippen LogP contribution in [0.25, 0.3) is 0 Å². The highest BCUT2D eigenvalue weighted by Crippen LogP contribution is 2.32. The maximum absolute atomic E-state index is 10.5. The summed E-state index contributed by atoms with van der Waals surface area (Å²) in [6.45, 7) is 0.532. The topological polar surface area (TPSA) is 57.2 Å². The molecule has 0 aliphatic carbocycles. The van der Waals surface area contributed by atoms with Gasteiger partial charge in [-0.25, -0.2) is 0 Å². The molecular formula is C23H24O5. The number of hydrogen-bond acceptors (Lipinski definition) is 5. The van der Waals surface area contributed by atoms with Crippen molar-refractivity contribution in [2.45, 2.75) is 12.7 Å². The zero-order valence-corrected chi connectivity index (χ0v) is 16.0. The Balaban J connectivity index is 1.65. The standard InChI is InChI=1S/C23H24O5/c1-25-20-10-6-7-11-21(20)28-16-19(24)18-12-13-22(23(14-18)26-2)27-15-17-8-4-3-5-9-17/h3-14,19,24H,15-16H2,1-2H3. The van der Waals surface area contributed by atoms with E-state index >= 15 is 0 Å². The first kappa shape index (κ1) is 19.6. The molecule has 0 aliphatic heterocycles. The van der Waals surface area contributed by atoms with E-state index in [1.54, 1.807) is 38.5 Å². The number of ether oxygens (including phenoxy) is 4. The van der Waals surface area contributed by atoms with Gasteiger partial charge >= 0.3 is 0 Å². The molecule has 0 heterocycles. The Morgan fingerprint density at radius 3 is 2.07 bits per heavy atom. The maximum Gasteiger partial charge on any atom is 0.161 e. The second-order valence-corrected chi connectivity index (χ2v) is 6.16. The van der Waals surface area contributed by atoms with Crippen LogP contribution in [0.2, 0.25) is 0 Å². The Morgan fingerprint density at radius 2 is 1.36 bits per heavy atom. The molecule has 0 fully saturated rings. The summed E-state index contributed by atoms with van der Waals surface area (Å²) in [5.41, 5.74) is 1.75. The third-order valence-corrected chi connectivity index (χ3v) is 4.28. The summed E-state index contributed by atoms with van der Waals surface area (Å²) in [7, 11) is 3.16. The van der Waals surface area contributed by atoms with Gasteiger partial charge in [-0.2, -0.15) is 0 Å². The van der Waals surface area contributed by atoms with Gasteiger partial charge in [0.25, 0.3) is 0 Å². The van der Waals surface area contributed by atoms with E-state index < -0.39 is 6.10 Å². The molecular weight excluding hydrogens is 356 g/mol.